The minimum atomic E-state index is 0.170. The first-order valence-electron chi connectivity index (χ1n) is 6.28. The molecule has 1 amide bonds. The van der Waals surface area contributed by atoms with Gasteiger partial charge in [-0.2, -0.15) is 0 Å². The van der Waals surface area contributed by atoms with E-state index in [1.165, 1.54) is 5.69 Å². The monoisotopic (exact) mass is 310 g/mol. The van der Waals surface area contributed by atoms with Crippen molar-refractivity contribution >= 4 is 27.5 Å². The molecule has 0 aromatic heterocycles. The smallest absolute Gasteiger partial charge is 0.220 e. The van der Waals surface area contributed by atoms with E-state index in [-0.39, 0.29) is 18.0 Å². The topological polar surface area (TPSA) is 23.6 Å². The number of rotatable bonds is 1. The van der Waals surface area contributed by atoms with Crippen molar-refractivity contribution in [2.24, 2.45) is 0 Å². The lowest BCUT2D eigenvalue weighted by molar-refractivity contribution is -0.133. The molecule has 0 bridgehead atoms. The van der Waals surface area contributed by atoms with E-state index in [1.54, 1.807) is 6.92 Å². The number of piperazine rings is 1. The molecule has 1 aromatic carbocycles. The molecule has 1 aromatic rings. The lowest BCUT2D eigenvalue weighted by Gasteiger charge is -2.45. The maximum atomic E-state index is 11.6. The number of carbonyl (C=O) groups is 1. The summed E-state index contributed by atoms with van der Waals surface area (Å²) in [5.41, 5.74) is 1.21. The van der Waals surface area contributed by atoms with E-state index in [9.17, 15) is 4.79 Å². The van der Waals surface area contributed by atoms with Gasteiger partial charge < -0.3 is 9.80 Å². The van der Waals surface area contributed by atoms with Crippen LogP contribution < -0.4 is 4.90 Å². The molecule has 1 heterocycles. The lowest BCUT2D eigenvalue weighted by Crippen LogP contribution is -2.58. The molecule has 0 spiro atoms. The van der Waals surface area contributed by atoms with Crippen LogP contribution in [0.15, 0.2) is 28.7 Å². The molecule has 18 heavy (non-hydrogen) atoms. The Labute approximate surface area is 117 Å². The van der Waals surface area contributed by atoms with Crippen LogP contribution in [0.25, 0.3) is 0 Å². The zero-order valence-corrected chi connectivity index (χ0v) is 12.6. The van der Waals surface area contributed by atoms with Crippen LogP contribution in [0.1, 0.15) is 20.8 Å². The van der Waals surface area contributed by atoms with Crippen LogP contribution in [0.2, 0.25) is 0 Å². The number of nitrogens with zero attached hydrogens (tertiary/aromatic N) is 2. The van der Waals surface area contributed by atoms with Crippen LogP contribution in [0.4, 0.5) is 5.69 Å². The fraction of sp³-hybridized carbons (Fsp3) is 0.500. The molecule has 3 nitrogen and oxygen atoms in total. The number of anilines is 1. The zero-order chi connectivity index (χ0) is 13.3. The van der Waals surface area contributed by atoms with Gasteiger partial charge in [0.1, 0.15) is 0 Å². The zero-order valence-electron chi connectivity index (χ0n) is 11.1. The largest absolute Gasteiger partial charge is 0.367 e. The molecule has 4 heteroatoms. The van der Waals surface area contributed by atoms with Crippen LogP contribution in [-0.2, 0) is 4.79 Å². The van der Waals surface area contributed by atoms with E-state index in [0.29, 0.717) is 0 Å². The maximum Gasteiger partial charge on any atom is 0.220 e. The predicted octanol–water partition coefficient (Wildman–Crippen LogP) is 2.89. The summed E-state index contributed by atoms with van der Waals surface area (Å²) < 4.78 is 1.09. The number of halogens is 1. The molecule has 0 N–H and O–H groups in total. The molecule has 0 saturated carbocycles. The van der Waals surface area contributed by atoms with Crippen molar-refractivity contribution in [3.05, 3.63) is 28.7 Å². The second-order valence-corrected chi connectivity index (χ2v) is 5.92. The molecule has 1 saturated heterocycles. The molecule has 2 unspecified atom stereocenters. The van der Waals surface area contributed by atoms with Crippen LogP contribution in [0, 0.1) is 0 Å². The molecule has 0 radical (unpaired) electrons. The highest BCUT2D eigenvalue weighted by atomic mass is 79.9. The van der Waals surface area contributed by atoms with Gasteiger partial charge in [-0.25, -0.2) is 0 Å². The van der Waals surface area contributed by atoms with Crippen LogP contribution in [0.5, 0.6) is 0 Å². The van der Waals surface area contributed by atoms with E-state index in [1.807, 2.05) is 17.0 Å². The average Bonchev–Trinajstić information content (AvgIpc) is 2.27. The quantitative estimate of drug-likeness (QED) is 0.796. The Balaban J connectivity index is 2.17. The van der Waals surface area contributed by atoms with Gasteiger partial charge in [-0.15, -0.1) is 0 Å². The third-order valence-electron chi connectivity index (χ3n) is 3.46. The Bertz CT molecular complexity index is 437. The second-order valence-electron chi connectivity index (χ2n) is 5.01. The van der Waals surface area contributed by atoms with Crippen molar-refractivity contribution in [2.45, 2.75) is 32.9 Å². The minimum Gasteiger partial charge on any atom is -0.367 e. The van der Waals surface area contributed by atoms with E-state index in [4.69, 9.17) is 0 Å². The third kappa shape index (κ3) is 2.69. The van der Waals surface area contributed by atoms with Crippen molar-refractivity contribution in [2.75, 3.05) is 18.0 Å². The van der Waals surface area contributed by atoms with E-state index in [2.05, 4.69) is 46.8 Å². The van der Waals surface area contributed by atoms with E-state index >= 15 is 0 Å². The van der Waals surface area contributed by atoms with Gasteiger partial charge in [0.2, 0.25) is 5.91 Å². The summed E-state index contributed by atoms with van der Waals surface area (Å²) in [6.45, 7) is 7.66. The van der Waals surface area contributed by atoms with Crippen molar-refractivity contribution in [1.29, 1.82) is 0 Å². The highest BCUT2D eigenvalue weighted by Gasteiger charge is 2.30. The van der Waals surface area contributed by atoms with Crippen molar-refractivity contribution in [1.82, 2.24) is 4.90 Å². The summed E-state index contributed by atoms with van der Waals surface area (Å²) >= 11 is 3.50. The lowest BCUT2D eigenvalue weighted by atomic mass is 10.1. The predicted molar refractivity (Wildman–Crippen MR) is 77.8 cm³/mol. The van der Waals surface area contributed by atoms with Crippen molar-refractivity contribution in [3.63, 3.8) is 0 Å². The Morgan fingerprint density at radius 2 is 1.89 bits per heavy atom. The summed E-state index contributed by atoms with van der Waals surface area (Å²) in [5, 5.41) is 0. The highest BCUT2D eigenvalue weighted by Crippen LogP contribution is 2.25. The molecule has 2 atom stereocenters. The third-order valence-corrected chi connectivity index (χ3v) is 3.95. The molecular weight excluding hydrogens is 292 g/mol. The minimum absolute atomic E-state index is 0.170. The van der Waals surface area contributed by atoms with Gasteiger partial charge in [-0.1, -0.05) is 22.0 Å². The molecule has 2 rings (SSSR count). The van der Waals surface area contributed by atoms with Gasteiger partial charge in [-0.3, -0.25) is 4.79 Å². The van der Waals surface area contributed by atoms with Gasteiger partial charge in [0.05, 0.1) is 0 Å². The SMILES string of the molecule is CC(=O)N1C(C)CN(c2cccc(Br)c2)CC1C. The molecule has 1 aliphatic heterocycles. The van der Waals surface area contributed by atoms with Gasteiger partial charge in [-0.05, 0) is 32.0 Å². The van der Waals surface area contributed by atoms with E-state index < -0.39 is 0 Å². The maximum absolute atomic E-state index is 11.6. The average molecular weight is 311 g/mol. The normalized spacial score (nSPS) is 24.2. The van der Waals surface area contributed by atoms with Crippen molar-refractivity contribution in [3.8, 4) is 0 Å². The first-order chi connectivity index (χ1) is 8.49. The Hall–Kier alpha value is -1.03. The number of hydrogen-bond acceptors (Lipinski definition) is 2. The highest BCUT2D eigenvalue weighted by molar-refractivity contribution is 9.10. The summed E-state index contributed by atoms with van der Waals surface area (Å²) in [5.74, 6) is 0.170. The molecule has 1 aliphatic rings. The Morgan fingerprint density at radius 1 is 1.28 bits per heavy atom. The Kier molecular flexibility index (Phi) is 3.95. The van der Waals surface area contributed by atoms with Crippen LogP contribution in [-0.4, -0.2) is 36.0 Å². The van der Waals surface area contributed by atoms with Gasteiger partial charge in [0, 0.05) is 42.3 Å². The first kappa shape index (κ1) is 13.4. The standard InChI is InChI=1S/C14H19BrN2O/c1-10-8-16(9-11(2)17(10)12(3)18)14-6-4-5-13(15)7-14/h4-7,10-11H,8-9H2,1-3H3. The van der Waals surface area contributed by atoms with Gasteiger partial charge in [0.15, 0.2) is 0 Å². The second kappa shape index (κ2) is 5.31. The van der Waals surface area contributed by atoms with Crippen LogP contribution in [0.3, 0.4) is 0 Å². The number of amides is 1. The molecule has 98 valence electrons. The van der Waals surface area contributed by atoms with E-state index in [0.717, 1.165) is 17.6 Å². The van der Waals surface area contributed by atoms with Gasteiger partial charge >= 0.3 is 0 Å². The molecular formula is C14H19BrN2O. The van der Waals surface area contributed by atoms with Crippen molar-refractivity contribution < 1.29 is 4.79 Å². The van der Waals surface area contributed by atoms with Gasteiger partial charge in [0.25, 0.3) is 0 Å². The fourth-order valence-electron chi connectivity index (χ4n) is 2.83. The Morgan fingerprint density at radius 3 is 2.39 bits per heavy atom. The number of hydrogen-bond donors (Lipinski definition) is 0. The fourth-order valence-corrected chi connectivity index (χ4v) is 3.21. The molecule has 0 aliphatic carbocycles. The summed E-state index contributed by atoms with van der Waals surface area (Å²) in [6.07, 6.45) is 0. The number of benzene rings is 1. The number of carbonyl (C=O) groups excluding carboxylic acids is 1. The summed E-state index contributed by atoms with van der Waals surface area (Å²) in [7, 11) is 0. The first-order valence-corrected chi connectivity index (χ1v) is 7.07. The summed E-state index contributed by atoms with van der Waals surface area (Å²) in [6, 6.07) is 8.83. The molecule has 1 fully saturated rings. The van der Waals surface area contributed by atoms with Crippen LogP contribution >= 0.6 is 15.9 Å². The summed E-state index contributed by atoms with van der Waals surface area (Å²) in [4.78, 5) is 15.9.